The maximum Gasteiger partial charge on any atom is 0.307 e. The molecule has 0 unspecified atom stereocenters. The molecular weight excluding hydrogens is 396 g/mol. The molecule has 0 atom stereocenters. The van der Waals surface area contributed by atoms with Crippen LogP contribution >= 0.6 is 0 Å². The summed E-state index contributed by atoms with van der Waals surface area (Å²) in [5.74, 6) is 6.12. The third-order valence-electron chi connectivity index (χ3n) is 5.01. The van der Waals surface area contributed by atoms with Crippen LogP contribution in [0.2, 0.25) is 0 Å². The van der Waals surface area contributed by atoms with E-state index < -0.39 is 5.97 Å². The van der Waals surface area contributed by atoms with Crippen LogP contribution in [0.25, 0.3) is 22.3 Å². The fraction of sp³-hybridized carbons (Fsp3) is 0.0690. The molecule has 3 heteroatoms. The van der Waals surface area contributed by atoms with Crippen molar-refractivity contribution in [3.63, 3.8) is 0 Å². The van der Waals surface area contributed by atoms with E-state index in [1.807, 2.05) is 91.0 Å². The van der Waals surface area contributed by atoms with Gasteiger partial charge in [0, 0.05) is 5.56 Å². The number of rotatable bonds is 6. The van der Waals surface area contributed by atoms with E-state index in [1.165, 1.54) is 5.56 Å². The predicted molar refractivity (Wildman–Crippen MR) is 127 cm³/mol. The fourth-order valence-corrected chi connectivity index (χ4v) is 3.41. The van der Waals surface area contributed by atoms with E-state index in [-0.39, 0.29) is 6.42 Å². The highest BCUT2D eigenvalue weighted by atomic mass is 16.5. The summed E-state index contributed by atoms with van der Waals surface area (Å²) in [6.07, 6.45) is 0.0202. The van der Waals surface area contributed by atoms with Crippen LogP contribution in [0, 0.1) is 11.8 Å². The largest absolute Gasteiger partial charge is 0.481 e. The number of carbonyl (C=O) groups is 1. The van der Waals surface area contributed by atoms with Crippen LogP contribution in [-0.2, 0) is 11.2 Å². The van der Waals surface area contributed by atoms with E-state index in [9.17, 15) is 4.79 Å². The zero-order chi connectivity index (χ0) is 22.2. The van der Waals surface area contributed by atoms with Gasteiger partial charge in [0.05, 0.1) is 6.42 Å². The highest BCUT2D eigenvalue weighted by Gasteiger charge is 2.03. The minimum atomic E-state index is -0.831. The Morgan fingerprint density at radius 3 is 2.06 bits per heavy atom. The molecule has 0 bridgehead atoms. The van der Waals surface area contributed by atoms with Crippen LogP contribution in [0.5, 0.6) is 5.75 Å². The van der Waals surface area contributed by atoms with Gasteiger partial charge in [-0.3, -0.25) is 4.79 Å². The topological polar surface area (TPSA) is 46.5 Å². The molecule has 3 nitrogen and oxygen atoms in total. The normalized spacial score (nSPS) is 10.1. The summed E-state index contributed by atoms with van der Waals surface area (Å²) in [4.78, 5) is 10.9. The SMILES string of the molecule is O=C(O)Cc1cccc(-c2ccc(C#CCOc3ccc(-c4ccccc4)cc3)cc2)c1. The van der Waals surface area contributed by atoms with Crippen molar-refractivity contribution >= 4 is 5.97 Å². The molecule has 0 aliphatic rings. The molecule has 32 heavy (non-hydrogen) atoms. The Morgan fingerprint density at radius 2 is 1.34 bits per heavy atom. The summed E-state index contributed by atoms with van der Waals surface area (Å²) < 4.78 is 5.73. The molecule has 4 aromatic rings. The summed E-state index contributed by atoms with van der Waals surface area (Å²) in [6.45, 7) is 0.309. The molecule has 0 aromatic heterocycles. The zero-order valence-corrected chi connectivity index (χ0v) is 17.5. The molecule has 0 fully saturated rings. The van der Waals surface area contributed by atoms with Gasteiger partial charge in [-0.05, 0) is 52.1 Å². The summed E-state index contributed by atoms with van der Waals surface area (Å²) in [7, 11) is 0. The highest BCUT2D eigenvalue weighted by Crippen LogP contribution is 2.22. The molecule has 0 saturated carbocycles. The average Bonchev–Trinajstić information content (AvgIpc) is 2.83. The van der Waals surface area contributed by atoms with Crippen LogP contribution in [0.15, 0.2) is 103 Å². The third-order valence-corrected chi connectivity index (χ3v) is 5.01. The number of benzene rings is 4. The van der Waals surface area contributed by atoms with Gasteiger partial charge in [-0.1, -0.05) is 90.7 Å². The lowest BCUT2D eigenvalue weighted by Crippen LogP contribution is -1.99. The van der Waals surface area contributed by atoms with Crippen molar-refractivity contribution in [1.29, 1.82) is 0 Å². The third kappa shape index (κ3) is 5.65. The van der Waals surface area contributed by atoms with Crippen molar-refractivity contribution in [2.45, 2.75) is 6.42 Å². The van der Waals surface area contributed by atoms with E-state index in [0.29, 0.717) is 6.61 Å². The molecule has 0 radical (unpaired) electrons. The van der Waals surface area contributed by atoms with Gasteiger partial charge in [-0.2, -0.15) is 0 Å². The van der Waals surface area contributed by atoms with Gasteiger partial charge in [-0.15, -0.1) is 0 Å². The Kier molecular flexibility index (Phi) is 6.65. The van der Waals surface area contributed by atoms with E-state index in [4.69, 9.17) is 9.84 Å². The van der Waals surface area contributed by atoms with Gasteiger partial charge in [-0.25, -0.2) is 0 Å². The van der Waals surface area contributed by atoms with Crippen molar-refractivity contribution < 1.29 is 14.6 Å². The lowest BCUT2D eigenvalue weighted by molar-refractivity contribution is -0.136. The second-order valence-electron chi connectivity index (χ2n) is 7.33. The first-order valence-corrected chi connectivity index (χ1v) is 10.4. The van der Waals surface area contributed by atoms with Crippen molar-refractivity contribution in [2.24, 2.45) is 0 Å². The fourth-order valence-electron chi connectivity index (χ4n) is 3.41. The minimum Gasteiger partial charge on any atom is -0.481 e. The number of aliphatic carboxylic acids is 1. The number of ether oxygens (including phenoxy) is 1. The Bertz CT molecular complexity index is 1250. The second-order valence-corrected chi connectivity index (χ2v) is 7.33. The summed E-state index contributed by atoms with van der Waals surface area (Å²) >= 11 is 0. The number of carboxylic acid groups (broad SMARTS) is 1. The Hall–Kier alpha value is -4.29. The van der Waals surface area contributed by atoms with E-state index in [2.05, 4.69) is 24.0 Å². The molecule has 0 aliphatic heterocycles. The Labute approximate surface area is 187 Å². The number of carboxylic acids is 1. The molecule has 0 saturated heterocycles. The summed E-state index contributed by atoms with van der Waals surface area (Å²) in [6, 6.07) is 33.7. The highest BCUT2D eigenvalue weighted by molar-refractivity contribution is 5.72. The maximum absolute atomic E-state index is 10.9. The van der Waals surface area contributed by atoms with Crippen LogP contribution in [-0.4, -0.2) is 17.7 Å². The first-order valence-electron chi connectivity index (χ1n) is 10.4. The molecule has 156 valence electrons. The van der Waals surface area contributed by atoms with Gasteiger partial charge in [0.15, 0.2) is 0 Å². The minimum absolute atomic E-state index is 0.0202. The van der Waals surface area contributed by atoms with Crippen molar-refractivity contribution in [3.8, 4) is 39.8 Å². The molecule has 0 aliphatic carbocycles. The monoisotopic (exact) mass is 418 g/mol. The van der Waals surface area contributed by atoms with Crippen LogP contribution in [0.4, 0.5) is 0 Å². The summed E-state index contributed by atoms with van der Waals surface area (Å²) in [5.41, 5.74) is 6.03. The molecule has 0 spiro atoms. The van der Waals surface area contributed by atoms with Gasteiger partial charge >= 0.3 is 5.97 Å². The van der Waals surface area contributed by atoms with Gasteiger partial charge in [0.25, 0.3) is 0 Å². The number of hydrogen-bond acceptors (Lipinski definition) is 2. The summed E-state index contributed by atoms with van der Waals surface area (Å²) in [5, 5.41) is 8.97. The lowest BCUT2D eigenvalue weighted by Gasteiger charge is -2.05. The Balaban J connectivity index is 1.34. The molecule has 4 rings (SSSR count). The molecular formula is C29H22O3. The predicted octanol–water partition coefficient (Wildman–Crippen LogP) is 6.08. The van der Waals surface area contributed by atoms with Crippen LogP contribution in [0.1, 0.15) is 11.1 Å². The van der Waals surface area contributed by atoms with Gasteiger partial charge in [0.2, 0.25) is 0 Å². The number of hydrogen-bond donors (Lipinski definition) is 1. The second kappa shape index (κ2) is 10.1. The van der Waals surface area contributed by atoms with E-state index in [1.54, 1.807) is 0 Å². The van der Waals surface area contributed by atoms with Crippen molar-refractivity contribution in [1.82, 2.24) is 0 Å². The maximum atomic E-state index is 10.9. The van der Waals surface area contributed by atoms with Crippen molar-refractivity contribution in [2.75, 3.05) is 6.61 Å². The molecule has 4 aromatic carbocycles. The average molecular weight is 418 g/mol. The molecule has 0 heterocycles. The Morgan fingerprint density at radius 1 is 0.719 bits per heavy atom. The van der Waals surface area contributed by atoms with E-state index >= 15 is 0 Å². The van der Waals surface area contributed by atoms with Crippen LogP contribution in [0.3, 0.4) is 0 Å². The molecule has 1 N–H and O–H groups in total. The van der Waals surface area contributed by atoms with Gasteiger partial charge in [0.1, 0.15) is 12.4 Å². The zero-order valence-electron chi connectivity index (χ0n) is 17.5. The van der Waals surface area contributed by atoms with Crippen LogP contribution < -0.4 is 4.74 Å². The smallest absolute Gasteiger partial charge is 0.307 e. The van der Waals surface area contributed by atoms with E-state index in [0.717, 1.165) is 33.6 Å². The first-order chi connectivity index (χ1) is 15.7. The molecule has 0 amide bonds. The first kappa shape index (κ1) is 21.0. The van der Waals surface area contributed by atoms with Crippen molar-refractivity contribution in [3.05, 3.63) is 114 Å². The lowest BCUT2D eigenvalue weighted by atomic mass is 10.0. The standard InChI is InChI=1S/C29H22O3/c30-29(31)21-23-6-4-10-27(20-23)26-13-11-22(12-14-26)7-5-19-32-28-17-15-25(16-18-28)24-8-2-1-3-9-24/h1-4,6,8-18,20H,19,21H2,(H,30,31). The van der Waals surface area contributed by atoms with Gasteiger partial charge < -0.3 is 9.84 Å². The quantitative estimate of drug-likeness (QED) is 0.386.